The lowest BCUT2D eigenvalue weighted by Gasteiger charge is -2.14. The van der Waals surface area contributed by atoms with Crippen molar-refractivity contribution in [2.24, 2.45) is 0 Å². The Morgan fingerprint density at radius 3 is 2.42 bits per heavy atom. The number of rotatable bonds is 8. The minimum absolute atomic E-state index is 0.123. The van der Waals surface area contributed by atoms with Crippen LogP contribution in [0.4, 0.5) is 0 Å². The van der Waals surface area contributed by atoms with Crippen LogP contribution in [0.25, 0.3) is 6.08 Å². The molecule has 4 rings (SSSR count). The van der Waals surface area contributed by atoms with Crippen molar-refractivity contribution in [2.75, 3.05) is 6.54 Å². The van der Waals surface area contributed by atoms with Gasteiger partial charge in [-0.05, 0) is 41.5 Å². The monoisotopic (exact) mass is 474 g/mol. The molecule has 0 spiro atoms. The summed E-state index contributed by atoms with van der Waals surface area (Å²) in [4.78, 5) is 27.1. The number of carbonyl (C=O) groups excluding carboxylic acids is 2. The Labute approximate surface area is 202 Å². The summed E-state index contributed by atoms with van der Waals surface area (Å²) in [6.07, 6.45) is 1.99. The van der Waals surface area contributed by atoms with Gasteiger partial charge in [0.15, 0.2) is 0 Å². The molecule has 0 saturated carbocycles. The van der Waals surface area contributed by atoms with Gasteiger partial charge in [0.05, 0.1) is 4.91 Å². The lowest BCUT2D eigenvalue weighted by molar-refractivity contribution is -0.123. The number of hydrogen-bond donors (Lipinski definition) is 1. The molecule has 1 aliphatic rings. The van der Waals surface area contributed by atoms with Crippen LogP contribution in [-0.4, -0.2) is 27.6 Å². The van der Waals surface area contributed by atoms with Gasteiger partial charge in [-0.1, -0.05) is 84.6 Å². The topological polar surface area (TPSA) is 58.6 Å². The van der Waals surface area contributed by atoms with Gasteiger partial charge in [-0.2, -0.15) is 0 Å². The van der Waals surface area contributed by atoms with E-state index in [9.17, 15) is 9.59 Å². The zero-order chi connectivity index (χ0) is 23.0. The van der Waals surface area contributed by atoms with E-state index in [1.54, 1.807) is 6.08 Å². The summed E-state index contributed by atoms with van der Waals surface area (Å²) in [6.45, 7) is 0.707. The number of para-hydroxylation sites is 1. The highest BCUT2D eigenvalue weighted by Gasteiger charge is 2.32. The van der Waals surface area contributed by atoms with E-state index in [1.807, 2.05) is 84.9 Å². The summed E-state index contributed by atoms with van der Waals surface area (Å²) in [7, 11) is 0. The van der Waals surface area contributed by atoms with Crippen molar-refractivity contribution < 1.29 is 14.3 Å². The molecule has 5 nitrogen and oxygen atoms in total. The Morgan fingerprint density at radius 1 is 0.970 bits per heavy atom. The Kier molecular flexibility index (Phi) is 7.55. The normalized spacial score (nSPS) is 14.5. The van der Waals surface area contributed by atoms with Crippen molar-refractivity contribution in [3.8, 4) is 11.5 Å². The van der Waals surface area contributed by atoms with E-state index in [2.05, 4.69) is 5.32 Å². The quantitative estimate of drug-likeness (QED) is 0.351. The fourth-order valence-electron chi connectivity index (χ4n) is 3.23. The number of carbonyl (C=O) groups is 2. The average Bonchev–Trinajstić information content (AvgIpc) is 3.10. The van der Waals surface area contributed by atoms with Gasteiger partial charge in [0, 0.05) is 19.5 Å². The molecule has 1 N–H and O–H groups in total. The third-order valence-electron chi connectivity index (χ3n) is 4.90. The molecule has 1 saturated heterocycles. The number of thioether (sulfide) groups is 1. The smallest absolute Gasteiger partial charge is 0.266 e. The summed E-state index contributed by atoms with van der Waals surface area (Å²) >= 11 is 6.63. The van der Waals surface area contributed by atoms with Crippen LogP contribution in [0.5, 0.6) is 11.5 Å². The molecule has 0 radical (unpaired) electrons. The lowest BCUT2D eigenvalue weighted by Crippen LogP contribution is -2.33. The van der Waals surface area contributed by atoms with Gasteiger partial charge in [-0.25, -0.2) is 0 Å². The van der Waals surface area contributed by atoms with Crippen LogP contribution in [0.2, 0.25) is 0 Å². The van der Waals surface area contributed by atoms with Gasteiger partial charge in [0.25, 0.3) is 5.91 Å². The van der Waals surface area contributed by atoms with Gasteiger partial charge >= 0.3 is 0 Å². The molecule has 0 aliphatic carbocycles. The van der Waals surface area contributed by atoms with Crippen molar-refractivity contribution in [1.82, 2.24) is 10.2 Å². The van der Waals surface area contributed by atoms with E-state index in [-0.39, 0.29) is 24.8 Å². The molecule has 166 valence electrons. The summed E-state index contributed by atoms with van der Waals surface area (Å²) in [5, 5.41) is 2.87. The predicted molar refractivity (Wildman–Crippen MR) is 136 cm³/mol. The first-order chi connectivity index (χ1) is 16.1. The van der Waals surface area contributed by atoms with Crippen LogP contribution in [0, 0.1) is 0 Å². The first-order valence-electron chi connectivity index (χ1n) is 10.5. The molecule has 1 fully saturated rings. The number of nitrogens with one attached hydrogen (secondary N) is 1. The predicted octanol–water partition coefficient (Wildman–Crippen LogP) is 5.39. The maximum absolute atomic E-state index is 12.9. The molecule has 7 heteroatoms. The number of thiocarbonyl (C=S) groups is 1. The molecule has 0 unspecified atom stereocenters. The van der Waals surface area contributed by atoms with Crippen LogP contribution < -0.4 is 10.1 Å². The van der Waals surface area contributed by atoms with E-state index < -0.39 is 0 Å². The van der Waals surface area contributed by atoms with Gasteiger partial charge in [0.1, 0.15) is 15.8 Å². The third kappa shape index (κ3) is 6.31. The number of hydrogen-bond acceptors (Lipinski definition) is 5. The molecule has 1 heterocycles. The number of ether oxygens (including phenoxy) is 1. The maximum atomic E-state index is 12.9. The van der Waals surface area contributed by atoms with Gasteiger partial charge in [-0.3, -0.25) is 14.5 Å². The van der Waals surface area contributed by atoms with E-state index in [0.29, 0.717) is 21.5 Å². The van der Waals surface area contributed by atoms with Gasteiger partial charge in [-0.15, -0.1) is 0 Å². The Hall–Kier alpha value is -3.42. The summed E-state index contributed by atoms with van der Waals surface area (Å²) in [5.74, 6) is 1.12. The summed E-state index contributed by atoms with van der Waals surface area (Å²) < 4.78 is 6.33. The summed E-state index contributed by atoms with van der Waals surface area (Å²) in [6, 6.07) is 26.7. The van der Waals surface area contributed by atoms with Crippen molar-refractivity contribution in [1.29, 1.82) is 0 Å². The SMILES string of the molecule is O=C(CCN1C(=O)/C(=C/c2cccc(Oc3ccccc3)c2)SC1=S)NCc1ccccc1. The minimum atomic E-state index is -0.185. The first kappa shape index (κ1) is 22.8. The van der Waals surface area contributed by atoms with Crippen LogP contribution >= 0.6 is 24.0 Å². The van der Waals surface area contributed by atoms with Gasteiger partial charge in [0.2, 0.25) is 5.91 Å². The zero-order valence-corrected chi connectivity index (χ0v) is 19.4. The van der Waals surface area contributed by atoms with Crippen molar-refractivity contribution in [2.45, 2.75) is 13.0 Å². The zero-order valence-electron chi connectivity index (χ0n) is 17.8. The molecule has 2 amide bonds. The molecule has 3 aromatic rings. The van der Waals surface area contributed by atoms with Crippen molar-refractivity contribution in [3.05, 3.63) is 101 Å². The Bertz CT molecular complexity index is 1180. The second-order valence-corrected chi connectivity index (χ2v) is 9.01. The third-order valence-corrected chi connectivity index (χ3v) is 6.28. The maximum Gasteiger partial charge on any atom is 0.266 e. The van der Waals surface area contributed by atoms with E-state index in [0.717, 1.165) is 16.9 Å². The highest BCUT2D eigenvalue weighted by atomic mass is 32.2. The van der Waals surface area contributed by atoms with Crippen LogP contribution in [0.3, 0.4) is 0 Å². The fourth-order valence-corrected chi connectivity index (χ4v) is 4.54. The van der Waals surface area contributed by atoms with E-state index in [1.165, 1.54) is 16.7 Å². The molecule has 0 bridgehead atoms. The molecule has 0 atom stereocenters. The number of benzene rings is 3. The molecular weight excluding hydrogens is 452 g/mol. The molecular formula is C26H22N2O3S2. The average molecular weight is 475 g/mol. The Morgan fingerprint density at radius 2 is 1.67 bits per heavy atom. The molecule has 0 aromatic heterocycles. The van der Waals surface area contributed by atoms with Crippen LogP contribution in [0.15, 0.2) is 89.8 Å². The second-order valence-electron chi connectivity index (χ2n) is 7.33. The second kappa shape index (κ2) is 10.9. The van der Waals surface area contributed by atoms with Crippen molar-refractivity contribution in [3.63, 3.8) is 0 Å². The summed E-state index contributed by atoms with van der Waals surface area (Å²) in [5.41, 5.74) is 1.86. The highest BCUT2D eigenvalue weighted by Crippen LogP contribution is 2.33. The van der Waals surface area contributed by atoms with Gasteiger partial charge < -0.3 is 10.1 Å². The highest BCUT2D eigenvalue weighted by molar-refractivity contribution is 8.26. The van der Waals surface area contributed by atoms with E-state index in [4.69, 9.17) is 17.0 Å². The largest absolute Gasteiger partial charge is 0.457 e. The standard InChI is InChI=1S/C26H22N2O3S2/c29-24(27-18-19-8-3-1-4-9-19)14-15-28-25(30)23(33-26(28)32)17-20-10-7-13-22(16-20)31-21-11-5-2-6-12-21/h1-13,16-17H,14-15,18H2,(H,27,29)/b23-17-. The molecule has 33 heavy (non-hydrogen) atoms. The number of amides is 2. The number of nitrogens with zero attached hydrogens (tertiary/aromatic N) is 1. The van der Waals surface area contributed by atoms with Crippen molar-refractivity contribution >= 4 is 46.2 Å². The van der Waals surface area contributed by atoms with E-state index >= 15 is 0 Å². The molecule has 1 aliphatic heterocycles. The lowest BCUT2D eigenvalue weighted by atomic mass is 10.2. The van der Waals surface area contributed by atoms with Crippen LogP contribution in [-0.2, 0) is 16.1 Å². The Balaban J connectivity index is 1.34. The minimum Gasteiger partial charge on any atom is -0.457 e. The molecule has 3 aromatic carbocycles. The fraction of sp³-hybridized carbons (Fsp3) is 0.115. The first-order valence-corrected chi connectivity index (χ1v) is 11.7. The van der Waals surface area contributed by atoms with Crippen LogP contribution in [0.1, 0.15) is 17.5 Å².